The monoisotopic (exact) mass is 799 g/mol. The summed E-state index contributed by atoms with van der Waals surface area (Å²) in [7, 11) is 3.06. The van der Waals surface area contributed by atoms with Gasteiger partial charge in [-0.1, -0.05) is 54.6 Å². The first-order valence-corrected chi connectivity index (χ1v) is 19.8. The van der Waals surface area contributed by atoms with E-state index in [-0.39, 0.29) is 48.8 Å². The van der Waals surface area contributed by atoms with Crippen LogP contribution < -0.4 is 20.8 Å². The third-order valence-corrected chi connectivity index (χ3v) is 11.9. The van der Waals surface area contributed by atoms with Gasteiger partial charge in [-0.15, -0.1) is 0 Å². The number of rotatable bonds is 18. The number of nitriles is 1. The molecule has 0 bridgehead atoms. The van der Waals surface area contributed by atoms with Crippen LogP contribution in [0, 0.1) is 11.3 Å². The predicted octanol–water partition coefficient (Wildman–Crippen LogP) is 6.30. The van der Waals surface area contributed by atoms with Gasteiger partial charge in [0.15, 0.2) is 17.4 Å². The zero-order valence-corrected chi connectivity index (χ0v) is 34.1. The molecule has 1 aliphatic heterocycles. The highest BCUT2D eigenvalue weighted by Crippen LogP contribution is 2.51. The van der Waals surface area contributed by atoms with Gasteiger partial charge in [0, 0.05) is 19.2 Å². The number of aromatic nitrogens is 4. The van der Waals surface area contributed by atoms with Crippen LogP contribution in [0.25, 0.3) is 11.2 Å². The number of nitrogens with two attached hydrogens (primary N) is 1. The summed E-state index contributed by atoms with van der Waals surface area (Å²) in [5, 5.41) is 9.40. The van der Waals surface area contributed by atoms with Crippen molar-refractivity contribution < 1.29 is 32.7 Å². The first-order chi connectivity index (χ1) is 27.6. The average Bonchev–Trinajstić information content (AvgIpc) is 3.79. The lowest BCUT2D eigenvalue weighted by molar-refractivity contribution is -0.0938. The summed E-state index contributed by atoms with van der Waals surface area (Å²) in [6, 6.07) is 27.7. The molecule has 3 aromatic carbocycles. The van der Waals surface area contributed by atoms with Crippen molar-refractivity contribution >= 4 is 25.6 Å². The molecule has 6 rings (SSSR count). The molecule has 2 unspecified atom stereocenters. The number of nitrogen functional groups attached to an aromatic ring is 1. The maximum absolute atomic E-state index is 12.9. The van der Waals surface area contributed by atoms with Gasteiger partial charge in [-0.25, -0.2) is 9.65 Å². The van der Waals surface area contributed by atoms with Crippen molar-refractivity contribution in [2.24, 2.45) is 0 Å². The fourth-order valence-electron chi connectivity index (χ4n) is 7.25. The number of ether oxygens (including phenoxy) is 5. The van der Waals surface area contributed by atoms with Crippen molar-refractivity contribution in [2.75, 3.05) is 40.3 Å². The minimum atomic E-state index is -1.76. The van der Waals surface area contributed by atoms with Crippen LogP contribution in [0.2, 0.25) is 0 Å². The Bertz CT molecular complexity index is 2100. The number of imidazole rings is 1. The molecule has 0 amide bonds. The van der Waals surface area contributed by atoms with Crippen molar-refractivity contribution in [3.63, 3.8) is 0 Å². The maximum Gasteiger partial charge on any atom is 0.280 e. The summed E-state index contributed by atoms with van der Waals surface area (Å²) in [5.41, 5.74) is 7.19. The van der Waals surface area contributed by atoms with Crippen LogP contribution >= 0.6 is 8.53 Å². The van der Waals surface area contributed by atoms with Crippen LogP contribution in [0.1, 0.15) is 57.0 Å². The highest BCUT2D eigenvalue weighted by Gasteiger charge is 2.51. The van der Waals surface area contributed by atoms with E-state index in [1.54, 1.807) is 25.9 Å². The Morgan fingerprint density at radius 1 is 0.930 bits per heavy atom. The Hall–Kier alpha value is -4.91. The van der Waals surface area contributed by atoms with E-state index in [1.165, 1.54) is 6.33 Å². The molecule has 15 nitrogen and oxygen atoms in total. The van der Waals surface area contributed by atoms with Gasteiger partial charge in [0.25, 0.3) is 14.1 Å². The number of H-pyrrole nitrogens is 1. The van der Waals surface area contributed by atoms with E-state index in [1.807, 2.05) is 78.9 Å². The molecule has 2 aromatic heterocycles. The smallest absolute Gasteiger partial charge is 0.280 e. The molecule has 0 radical (unpaired) electrons. The first kappa shape index (κ1) is 41.7. The van der Waals surface area contributed by atoms with Crippen molar-refractivity contribution in [1.29, 1.82) is 5.26 Å². The van der Waals surface area contributed by atoms with Crippen molar-refractivity contribution in [3.05, 3.63) is 112 Å². The third-order valence-electron chi connectivity index (χ3n) is 9.79. The van der Waals surface area contributed by atoms with Gasteiger partial charge in [0.05, 0.1) is 46.3 Å². The van der Waals surface area contributed by atoms with Crippen LogP contribution in [-0.2, 0) is 28.9 Å². The molecule has 1 fully saturated rings. The van der Waals surface area contributed by atoms with E-state index < -0.39 is 44.2 Å². The summed E-state index contributed by atoms with van der Waals surface area (Å²) in [6.45, 7) is 8.42. The van der Waals surface area contributed by atoms with Crippen molar-refractivity contribution in [2.45, 2.75) is 76.3 Å². The minimum absolute atomic E-state index is 0.0124. The SMILES string of the molecule is COc1ccc(C(OC[C@H]2O[C@@H](n3cnc4c(=O)[nH]c(N)nc43)[C@@H](OC)C2OP(OCCC#N)N(C(C)C)C(C)C)(c2ccccc2)c2ccc(OC)cc2)cc1. The zero-order chi connectivity index (χ0) is 40.7. The molecule has 3 heterocycles. The number of fused-ring (bicyclic) bond motifs is 1. The summed E-state index contributed by atoms with van der Waals surface area (Å²) >= 11 is 0. The first-order valence-electron chi connectivity index (χ1n) is 18.7. The molecular formula is C41H50N7O8P. The van der Waals surface area contributed by atoms with E-state index in [4.69, 9.17) is 38.5 Å². The van der Waals surface area contributed by atoms with Gasteiger partial charge < -0.3 is 38.5 Å². The Kier molecular flexibility index (Phi) is 13.6. The van der Waals surface area contributed by atoms with Crippen LogP contribution in [0.15, 0.2) is 90.0 Å². The molecule has 0 spiro atoms. The second-order valence-electron chi connectivity index (χ2n) is 14.0. The summed E-state index contributed by atoms with van der Waals surface area (Å²) in [5.74, 6) is 1.32. The standard InChI is InChI=1S/C41H50N7O8P/c1-26(2)48(27(3)4)57(54-23-11-22-42)56-35-33(55-39(36(35)52-7)47-25-44-34-37(47)45-40(43)46-38(34)49)24-53-41(28-12-9-8-10-13-28,29-14-18-31(50-5)19-15-29)30-16-20-32(51-6)21-17-30/h8-10,12-21,25-27,33,35-36,39H,11,23-24H2,1-7H3,(H3,43,45,46,49)/t33-,35?,36+,39-,57?/m1/s1. The third kappa shape index (κ3) is 8.68. The fourth-order valence-corrected chi connectivity index (χ4v) is 9.02. The predicted molar refractivity (Wildman–Crippen MR) is 216 cm³/mol. The molecule has 5 atom stereocenters. The number of methoxy groups -OCH3 is 3. The van der Waals surface area contributed by atoms with E-state index in [0.717, 1.165) is 16.7 Å². The zero-order valence-electron chi connectivity index (χ0n) is 33.2. The number of benzene rings is 3. The van der Waals surface area contributed by atoms with Crippen LogP contribution in [0.4, 0.5) is 5.95 Å². The minimum Gasteiger partial charge on any atom is -0.497 e. The number of nitrogens with one attached hydrogen (secondary N) is 1. The van der Waals surface area contributed by atoms with Gasteiger partial charge in [-0.2, -0.15) is 10.2 Å². The summed E-state index contributed by atoms with van der Waals surface area (Å²) in [6.07, 6.45) is -1.60. The largest absolute Gasteiger partial charge is 0.497 e. The molecule has 16 heteroatoms. The lowest BCUT2D eigenvalue weighted by Gasteiger charge is -2.39. The van der Waals surface area contributed by atoms with Crippen molar-refractivity contribution in [1.82, 2.24) is 24.2 Å². The summed E-state index contributed by atoms with van der Waals surface area (Å²) in [4.78, 5) is 24.1. The maximum atomic E-state index is 12.9. The molecule has 3 N–H and O–H groups in total. The van der Waals surface area contributed by atoms with Crippen LogP contribution in [0.3, 0.4) is 0 Å². The number of anilines is 1. The van der Waals surface area contributed by atoms with Gasteiger partial charge in [-0.3, -0.25) is 14.3 Å². The van der Waals surface area contributed by atoms with Gasteiger partial charge in [0.1, 0.15) is 35.4 Å². The molecule has 0 saturated carbocycles. The number of aromatic amines is 1. The molecule has 1 saturated heterocycles. The normalized spacial score (nSPS) is 19.0. The molecule has 57 heavy (non-hydrogen) atoms. The molecule has 0 aliphatic carbocycles. The van der Waals surface area contributed by atoms with E-state index >= 15 is 0 Å². The Labute approximate surface area is 333 Å². The number of hydrogen-bond acceptors (Lipinski definition) is 13. The molecular weight excluding hydrogens is 749 g/mol. The average molecular weight is 800 g/mol. The highest BCUT2D eigenvalue weighted by atomic mass is 31.2. The van der Waals surface area contributed by atoms with Crippen molar-refractivity contribution in [3.8, 4) is 17.6 Å². The second-order valence-corrected chi connectivity index (χ2v) is 15.4. The highest BCUT2D eigenvalue weighted by molar-refractivity contribution is 7.44. The number of hydrogen-bond donors (Lipinski definition) is 2. The van der Waals surface area contributed by atoms with Crippen LogP contribution in [-0.4, -0.2) is 89.1 Å². The van der Waals surface area contributed by atoms with Gasteiger partial charge in [-0.05, 0) is 68.7 Å². The molecule has 302 valence electrons. The van der Waals surface area contributed by atoms with E-state index in [0.29, 0.717) is 11.5 Å². The van der Waals surface area contributed by atoms with Gasteiger partial charge in [0.2, 0.25) is 5.95 Å². The second kappa shape index (κ2) is 18.6. The number of nitrogens with zero attached hydrogens (tertiary/aromatic N) is 5. The van der Waals surface area contributed by atoms with Gasteiger partial charge >= 0.3 is 0 Å². The summed E-state index contributed by atoms with van der Waals surface area (Å²) < 4.78 is 48.7. The fraction of sp³-hybridized carbons (Fsp3) is 0.415. The molecule has 1 aliphatic rings. The van der Waals surface area contributed by atoms with E-state index in [9.17, 15) is 10.1 Å². The Morgan fingerprint density at radius 2 is 1.53 bits per heavy atom. The lowest BCUT2D eigenvalue weighted by Crippen LogP contribution is -2.42. The Balaban J connectivity index is 1.49. The van der Waals surface area contributed by atoms with E-state index in [2.05, 4.69) is 53.4 Å². The lowest BCUT2D eigenvalue weighted by atomic mass is 9.80. The topological polar surface area (TPSA) is 181 Å². The Morgan fingerprint density at radius 3 is 2.07 bits per heavy atom. The quantitative estimate of drug-likeness (QED) is 0.0573. The molecule has 5 aromatic rings. The van der Waals surface area contributed by atoms with Crippen LogP contribution in [0.5, 0.6) is 11.5 Å².